The van der Waals surface area contributed by atoms with E-state index in [2.05, 4.69) is 15.6 Å². The second-order valence-corrected chi connectivity index (χ2v) is 8.53. The molecular weight excluding hydrogens is 376 g/mol. The number of anilines is 1. The Bertz CT molecular complexity index is 1150. The molecule has 3 aromatic rings. The van der Waals surface area contributed by atoms with Crippen LogP contribution in [0.25, 0.3) is 21.0 Å². The van der Waals surface area contributed by atoms with Crippen molar-refractivity contribution >= 4 is 55.3 Å². The molecular formula is C20H18N4O3S. The number of hydrogen-bond donors (Lipinski definition) is 2. The van der Waals surface area contributed by atoms with Gasteiger partial charge >= 0.3 is 6.03 Å². The van der Waals surface area contributed by atoms with E-state index in [-0.39, 0.29) is 18.4 Å². The second-order valence-electron chi connectivity index (χ2n) is 7.50. The summed E-state index contributed by atoms with van der Waals surface area (Å²) in [6.07, 6.45) is 1.84. The first-order valence-corrected chi connectivity index (χ1v) is 9.99. The molecule has 8 heteroatoms. The predicted molar refractivity (Wildman–Crippen MR) is 107 cm³/mol. The molecule has 2 heterocycles. The monoisotopic (exact) mass is 394 g/mol. The summed E-state index contributed by atoms with van der Waals surface area (Å²) in [6.45, 7) is 1.42. The van der Waals surface area contributed by atoms with Gasteiger partial charge in [-0.05, 0) is 37.1 Å². The Labute approximate surface area is 164 Å². The zero-order valence-electron chi connectivity index (χ0n) is 15.2. The minimum absolute atomic E-state index is 0.162. The van der Waals surface area contributed by atoms with E-state index < -0.39 is 17.5 Å². The number of carbonyl (C=O) groups excluding carboxylic acids is 3. The highest BCUT2D eigenvalue weighted by molar-refractivity contribution is 7.22. The van der Waals surface area contributed by atoms with Crippen molar-refractivity contribution in [1.29, 1.82) is 0 Å². The van der Waals surface area contributed by atoms with Gasteiger partial charge in [-0.3, -0.25) is 14.5 Å². The van der Waals surface area contributed by atoms with Gasteiger partial charge in [-0.15, -0.1) is 0 Å². The first-order valence-electron chi connectivity index (χ1n) is 9.18. The Hall–Kier alpha value is -3.00. The number of hydrogen-bond acceptors (Lipinski definition) is 5. The lowest BCUT2D eigenvalue weighted by Gasteiger charge is -2.20. The molecule has 1 unspecified atom stereocenters. The van der Waals surface area contributed by atoms with Gasteiger partial charge in [-0.2, -0.15) is 0 Å². The molecule has 7 nitrogen and oxygen atoms in total. The molecule has 2 N–H and O–H groups in total. The maximum absolute atomic E-state index is 12.6. The van der Waals surface area contributed by atoms with Crippen LogP contribution in [0.3, 0.4) is 0 Å². The normalized spacial score (nSPS) is 22.1. The van der Waals surface area contributed by atoms with Crippen LogP contribution in [0.4, 0.5) is 9.93 Å². The number of nitrogens with one attached hydrogen (secondary N) is 2. The van der Waals surface area contributed by atoms with Crippen LogP contribution >= 0.6 is 11.3 Å². The predicted octanol–water partition coefficient (Wildman–Crippen LogP) is 3.11. The lowest BCUT2D eigenvalue weighted by Crippen LogP contribution is -2.46. The fraction of sp³-hybridized carbons (Fsp3) is 0.300. The van der Waals surface area contributed by atoms with Crippen LogP contribution in [0.1, 0.15) is 19.8 Å². The number of amides is 4. The van der Waals surface area contributed by atoms with Gasteiger partial charge < -0.3 is 10.6 Å². The number of carbonyl (C=O) groups is 3. The maximum atomic E-state index is 12.6. The fourth-order valence-electron chi connectivity index (χ4n) is 3.81. The van der Waals surface area contributed by atoms with E-state index in [4.69, 9.17) is 0 Å². The molecule has 1 saturated carbocycles. The fourth-order valence-corrected chi connectivity index (χ4v) is 4.71. The van der Waals surface area contributed by atoms with Crippen molar-refractivity contribution in [2.75, 3.05) is 11.9 Å². The number of benzene rings is 2. The number of fused-ring (bicyclic) bond motifs is 3. The summed E-state index contributed by atoms with van der Waals surface area (Å²) in [5, 5.41) is 8.03. The average molecular weight is 394 g/mol. The molecule has 1 saturated heterocycles. The van der Waals surface area contributed by atoms with E-state index in [9.17, 15) is 14.4 Å². The standard InChI is InChI=1S/C20H18N4O3S/c1-20(12-7-8-12)17(26)24(19(27)23-20)10-15(25)21-18-22-16-13-5-3-2-4-11(13)6-9-14(16)28-18/h2-6,9,12H,7-8,10H2,1H3,(H,23,27)(H,21,22,25). The lowest BCUT2D eigenvalue weighted by atomic mass is 9.96. The Morgan fingerprint density at radius 3 is 2.86 bits per heavy atom. The first-order chi connectivity index (χ1) is 13.5. The number of thiazole rings is 1. The summed E-state index contributed by atoms with van der Waals surface area (Å²) >= 11 is 1.37. The van der Waals surface area contributed by atoms with Gasteiger partial charge in [0, 0.05) is 5.39 Å². The second kappa shape index (κ2) is 6.00. The molecule has 2 aromatic carbocycles. The highest BCUT2D eigenvalue weighted by Gasteiger charge is 2.56. The van der Waals surface area contributed by atoms with Crippen molar-refractivity contribution in [3.05, 3.63) is 36.4 Å². The topological polar surface area (TPSA) is 91.4 Å². The lowest BCUT2D eigenvalue weighted by molar-refractivity contribution is -0.134. The van der Waals surface area contributed by atoms with E-state index in [1.165, 1.54) is 11.3 Å². The van der Waals surface area contributed by atoms with Crippen LogP contribution in [-0.2, 0) is 9.59 Å². The van der Waals surface area contributed by atoms with Crippen LogP contribution in [0.5, 0.6) is 0 Å². The molecule has 2 fully saturated rings. The summed E-state index contributed by atoms with van der Waals surface area (Å²) in [6, 6.07) is 11.4. The number of urea groups is 1. The Morgan fingerprint density at radius 1 is 1.29 bits per heavy atom. The highest BCUT2D eigenvalue weighted by atomic mass is 32.1. The summed E-state index contributed by atoms with van der Waals surface area (Å²) in [7, 11) is 0. The number of nitrogens with zero attached hydrogens (tertiary/aromatic N) is 2. The summed E-state index contributed by atoms with van der Waals surface area (Å²) in [5.74, 6) is -0.605. The van der Waals surface area contributed by atoms with Crippen LogP contribution in [0.2, 0.25) is 0 Å². The van der Waals surface area contributed by atoms with E-state index in [0.29, 0.717) is 5.13 Å². The molecule has 0 spiro atoms. The van der Waals surface area contributed by atoms with Crippen LogP contribution in [0, 0.1) is 5.92 Å². The van der Waals surface area contributed by atoms with Crippen LogP contribution in [0.15, 0.2) is 36.4 Å². The van der Waals surface area contributed by atoms with Gasteiger partial charge in [-0.25, -0.2) is 9.78 Å². The van der Waals surface area contributed by atoms with Crippen LogP contribution in [-0.4, -0.2) is 39.8 Å². The SMILES string of the molecule is CC1(C2CC2)NC(=O)N(CC(=O)Nc2nc3c(ccc4ccccc43)s2)C1=O. The van der Waals surface area contributed by atoms with Gasteiger partial charge in [0.05, 0.1) is 10.2 Å². The van der Waals surface area contributed by atoms with Gasteiger partial charge in [0.2, 0.25) is 5.91 Å². The Kier molecular flexibility index (Phi) is 3.67. The molecule has 1 aliphatic heterocycles. The van der Waals surface area contributed by atoms with Crippen molar-refractivity contribution in [3.63, 3.8) is 0 Å². The third-order valence-electron chi connectivity index (χ3n) is 5.53. The smallest absolute Gasteiger partial charge is 0.323 e. The molecule has 0 radical (unpaired) electrons. The van der Waals surface area contributed by atoms with Gasteiger partial charge in [0.25, 0.3) is 5.91 Å². The zero-order chi connectivity index (χ0) is 19.5. The third-order valence-corrected chi connectivity index (χ3v) is 6.46. The van der Waals surface area contributed by atoms with Gasteiger partial charge in [0.1, 0.15) is 12.1 Å². The van der Waals surface area contributed by atoms with E-state index in [0.717, 1.165) is 38.7 Å². The highest BCUT2D eigenvalue weighted by Crippen LogP contribution is 2.42. The Morgan fingerprint density at radius 2 is 2.07 bits per heavy atom. The maximum Gasteiger partial charge on any atom is 0.325 e. The van der Waals surface area contributed by atoms with E-state index >= 15 is 0 Å². The number of imide groups is 1. The number of aromatic nitrogens is 1. The minimum Gasteiger partial charge on any atom is -0.323 e. The summed E-state index contributed by atoms with van der Waals surface area (Å²) in [5.41, 5.74) is -0.0544. The van der Waals surface area contributed by atoms with Gasteiger partial charge in [0.15, 0.2) is 5.13 Å². The molecule has 1 aliphatic carbocycles. The molecule has 5 rings (SSSR count). The van der Waals surface area contributed by atoms with Crippen molar-refractivity contribution in [1.82, 2.24) is 15.2 Å². The van der Waals surface area contributed by atoms with Crippen molar-refractivity contribution in [2.45, 2.75) is 25.3 Å². The minimum atomic E-state index is -0.883. The van der Waals surface area contributed by atoms with Crippen molar-refractivity contribution < 1.29 is 14.4 Å². The van der Waals surface area contributed by atoms with Crippen molar-refractivity contribution in [2.24, 2.45) is 5.92 Å². The molecule has 2 aliphatic rings. The van der Waals surface area contributed by atoms with Gasteiger partial charge in [-0.1, -0.05) is 41.7 Å². The molecule has 142 valence electrons. The average Bonchev–Trinajstić information content (AvgIpc) is 3.42. The summed E-state index contributed by atoms with van der Waals surface area (Å²) in [4.78, 5) is 42.9. The molecule has 4 amide bonds. The molecule has 28 heavy (non-hydrogen) atoms. The van der Waals surface area contributed by atoms with E-state index in [1.807, 2.05) is 36.4 Å². The van der Waals surface area contributed by atoms with E-state index in [1.54, 1.807) is 6.92 Å². The molecule has 1 atom stereocenters. The third kappa shape index (κ3) is 2.63. The molecule has 1 aromatic heterocycles. The molecule has 0 bridgehead atoms. The zero-order valence-corrected chi connectivity index (χ0v) is 16.0. The Balaban J connectivity index is 1.35. The summed E-state index contributed by atoms with van der Waals surface area (Å²) < 4.78 is 0.963. The largest absolute Gasteiger partial charge is 0.325 e. The first kappa shape index (κ1) is 17.1. The quantitative estimate of drug-likeness (QED) is 0.665. The van der Waals surface area contributed by atoms with Crippen LogP contribution < -0.4 is 10.6 Å². The van der Waals surface area contributed by atoms with Crippen molar-refractivity contribution in [3.8, 4) is 0 Å². The number of rotatable bonds is 4.